The molecule has 0 amide bonds. The molecule has 1 nitrogen and oxygen atoms in total. The van der Waals surface area contributed by atoms with E-state index in [1.54, 1.807) is 0 Å². The maximum atomic E-state index is 5.21. The summed E-state index contributed by atoms with van der Waals surface area (Å²) in [5, 5.41) is 3.63. The molecule has 0 radical (unpaired) electrons. The average molecular weight is 193 g/mol. The minimum Gasteiger partial charge on any atom is -0.314 e. The van der Waals surface area contributed by atoms with Gasteiger partial charge in [0.2, 0.25) is 0 Å². The number of hydrogen-bond donors (Lipinski definition) is 1. The second-order valence-electron chi connectivity index (χ2n) is 4.40. The lowest BCUT2D eigenvalue weighted by atomic mass is 9.84. The Morgan fingerprint density at radius 2 is 2.29 bits per heavy atom. The Morgan fingerprint density at radius 1 is 1.43 bits per heavy atom. The van der Waals surface area contributed by atoms with Crippen LogP contribution in [-0.4, -0.2) is 12.6 Å². The number of unbranched alkanes of at least 4 members (excludes halogenated alkanes) is 1. The Kier molecular flexibility index (Phi) is 5.71. The normalized spacial score (nSPS) is 27.1. The smallest absolute Gasteiger partial charge is 0.00981 e. The summed E-state index contributed by atoms with van der Waals surface area (Å²) in [6.45, 7) is 3.41. The van der Waals surface area contributed by atoms with E-state index in [1.807, 2.05) is 0 Å². The van der Waals surface area contributed by atoms with Crippen molar-refractivity contribution in [3.05, 3.63) is 0 Å². The van der Waals surface area contributed by atoms with E-state index in [4.69, 9.17) is 6.42 Å². The predicted molar refractivity (Wildman–Crippen MR) is 62.1 cm³/mol. The van der Waals surface area contributed by atoms with Gasteiger partial charge >= 0.3 is 0 Å². The van der Waals surface area contributed by atoms with Gasteiger partial charge in [0.1, 0.15) is 0 Å². The van der Waals surface area contributed by atoms with Crippen LogP contribution in [0.5, 0.6) is 0 Å². The summed E-state index contributed by atoms with van der Waals surface area (Å²) >= 11 is 0. The Balaban J connectivity index is 2.08. The molecule has 1 heteroatoms. The van der Waals surface area contributed by atoms with Gasteiger partial charge in [0.15, 0.2) is 0 Å². The molecule has 1 aliphatic carbocycles. The van der Waals surface area contributed by atoms with Crippen LogP contribution >= 0.6 is 0 Å². The number of hydrogen-bond acceptors (Lipinski definition) is 1. The van der Waals surface area contributed by atoms with Crippen molar-refractivity contribution in [1.82, 2.24) is 5.32 Å². The van der Waals surface area contributed by atoms with Crippen LogP contribution in [0.1, 0.15) is 51.9 Å². The highest BCUT2D eigenvalue weighted by atomic mass is 14.9. The van der Waals surface area contributed by atoms with Crippen molar-refractivity contribution in [2.24, 2.45) is 5.92 Å². The summed E-state index contributed by atoms with van der Waals surface area (Å²) in [7, 11) is 0. The van der Waals surface area contributed by atoms with E-state index in [0.717, 1.165) is 31.3 Å². The van der Waals surface area contributed by atoms with Crippen LogP contribution in [0.3, 0.4) is 0 Å². The second-order valence-corrected chi connectivity index (χ2v) is 4.40. The highest BCUT2D eigenvalue weighted by Crippen LogP contribution is 2.26. The summed E-state index contributed by atoms with van der Waals surface area (Å²) in [5.41, 5.74) is 0. The minimum atomic E-state index is 0.770. The van der Waals surface area contributed by atoms with Crippen LogP contribution in [0.15, 0.2) is 0 Å². The van der Waals surface area contributed by atoms with Crippen molar-refractivity contribution in [3.63, 3.8) is 0 Å². The van der Waals surface area contributed by atoms with Crippen LogP contribution < -0.4 is 5.32 Å². The van der Waals surface area contributed by atoms with Crippen LogP contribution in [-0.2, 0) is 0 Å². The molecule has 0 bridgehead atoms. The van der Waals surface area contributed by atoms with Gasteiger partial charge in [-0.15, -0.1) is 12.3 Å². The van der Waals surface area contributed by atoms with E-state index < -0.39 is 0 Å². The third-order valence-electron chi connectivity index (χ3n) is 3.29. The van der Waals surface area contributed by atoms with Crippen LogP contribution in [0.25, 0.3) is 0 Å². The lowest BCUT2D eigenvalue weighted by Gasteiger charge is -2.29. The first-order valence-electron chi connectivity index (χ1n) is 6.03. The summed E-state index contributed by atoms with van der Waals surface area (Å²) in [5.74, 6) is 3.65. The molecular weight excluding hydrogens is 170 g/mol. The SMILES string of the molecule is C#CCCCNC1CCCC(CC)C1. The van der Waals surface area contributed by atoms with E-state index in [1.165, 1.54) is 32.1 Å². The first-order chi connectivity index (χ1) is 6.86. The fourth-order valence-corrected chi connectivity index (χ4v) is 2.34. The van der Waals surface area contributed by atoms with E-state index in [2.05, 4.69) is 18.2 Å². The Labute approximate surface area is 88.7 Å². The molecule has 0 saturated heterocycles. The Hall–Kier alpha value is -0.480. The maximum Gasteiger partial charge on any atom is 0.00981 e. The van der Waals surface area contributed by atoms with Gasteiger partial charge in [-0.2, -0.15) is 0 Å². The summed E-state index contributed by atoms with van der Waals surface area (Å²) < 4.78 is 0. The van der Waals surface area contributed by atoms with Gasteiger partial charge < -0.3 is 5.32 Å². The minimum absolute atomic E-state index is 0.770. The molecule has 0 aliphatic heterocycles. The van der Waals surface area contributed by atoms with Crippen molar-refractivity contribution in [2.45, 2.75) is 57.9 Å². The average Bonchev–Trinajstić information content (AvgIpc) is 2.25. The molecule has 0 aromatic carbocycles. The van der Waals surface area contributed by atoms with Gasteiger partial charge in [-0.25, -0.2) is 0 Å². The molecule has 2 unspecified atom stereocenters. The Bertz CT molecular complexity index is 180. The zero-order chi connectivity index (χ0) is 10.2. The molecule has 0 aromatic heterocycles. The van der Waals surface area contributed by atoms with E-state index in [0.29, 0.717) is 0 Å². The van der Waals surface area contributed by atoms with Crippen molar-refractivity contribution >= 4 is 0 Å². The summed E-state index contributed by atoms with van der Waals surface area (Å²) in [6.07, 6.45) is 14.2. The van der Waals surface area contributed by atoms with Gasteiger partial charge in [0.05, 0.1) is 0 Å². The lowest BCUT2D eigenvalue weighted by Crippen LogP contribution is -2.34. The van der Waals surface area contributed by atoms with E-state index >= 15 is 0 Å². The molecule has 0 spiro atoms. The highest BCUT2D eigenvalue weighted by Gasteiger charge is 2.19. The molecule has 1 N–H and O–H groups in total. The molecule has 1 rings (SSSR count). The van der Waals surface area contributed by atoms with Gasteiger partial charge in [-0.05, 0) is 31.7 Å². The van der Waals surface area contributed by atoms with Crippen LogP contribution in [0.4, 0.5) is 0 Å². The predicted octanol–water partition coefficient (Wildman–Crippen LogP) is 2.96. The van der Waals surface area contributed by atoms with Crippen molar-refractivity contribution < 1.29 is 0 Å². The van der Waals surface area contributed by atoms with Gasteiger partial charge in [0, 0.05) is 12.5 Å². The topological polar surface area (TPSA) is 12.0 Å². The molecule has 80 valence electrons. The van der Waals surface area contributed by atoms with Gasteiger partial charge in [0.25, 0.3) is 0 Å². The maximum absolute atomic E-state index is 5.21. The molecule has 0 aromatic rings. The largest absolute Gasteiger partial charge is 0.314 e. The fourth-order valence-electron chi connectivity index (χ4n) is 2.34. The number of terminal acetylenes is 1. The molecule has 2 atom stereocenters. The molecule has 14 heavy (non-hydrogen) atoms. The molecular formula is C13H23N. The fraction of sp³-hybridized carbons (Fsp3) is 0.846. The Morgan fingerprint density at radius 3 is 3.00 bits per heavy atom. The van der Waals surface area contributed by atoms with Crippen molar-refractivity contribution in [1.29, 1.82) is 0 Å². The first-order valence-corrected chi connectivity index (χ1v) is 6.03. The zero-order valence-electron chi connectivity index (χ0n) is 9.39. The lowest BCUT2D eigenvalue weighted by molar-refractivity contribution is 0.279. The van der Waals surface area contributed by atoms with Crippen LogP contribution in [0.2, 0.25) is 0 Å². The monoisotopic (exact) mass is 193 g/mol. The van der Waals surface area contributed by atoms with Gasteiger partial charge in [-0.1, -0.05) is 26.2 Å². The number of nitrogens with one attached hydrogen (secondary N) is 1. The van der Waals surface area contributed by atoms with Gasteiger partial charge in [-0.3, -0.25) is 0 Å². The molecule has 1 fully saturated rings. The highest BCUT2D eigenvalue weighted by molar-refractivity contribution is 4.84. The van der Waals surface area contributed by atoms with Crippen molar-refractivity contribution in [3.8, 4) is 12.3 Å². The standard InChI is InChI=1S/C13H23N/c1-3-5-6-10-14-13-9-7-8-12(4-2)11-13/h1,12-14H,4-11H2,2H3. The zero-order valence-corrected chi connectivity index (χ0v) is 9.39. The molecule has 1 saturated carbocycles. The van der Waals surface area contributed by atoms with E-state index in [9.17, 15) is 0 Å². The quantitative estimate of drug-likeness (QED) is 0.523. The van der Waals surface area contributed by atoms with Crippen molar-refractivity contribution in [2.75, 3.05) is 6.54 Å². The molecule has 0 heterocycles. The van der Waals surface area contributed by atoms with E-state index in [-0.39, 0.29) is 0 Å². The summed E-state index contributed by atoms with van der Waals surface area (Å²) in [6, 6.07) is 0.770. The summed E-state index contributed by atoms with van der Waals surface area (Å²) in [4.78, 5) is 0. The third kappa shape index (κ3) is 4.15. The third-order valence-corrected chi connectivity index (χ3v) is 3.29. The molecule has 1 aliphatic rings. The number of rotatable bonds is 5. The first kappa shape index (κ1) is 11.6. The van der Waals surface area contributed by atoms with Crippen LogP contribution in [0, 0.1) is 18.3 Å². The second kappa shape index (κ2) is 6.90.